The predicted molar refractivity (Wildman–Crippen MR) is 116 cm³/mol. The Hall–Kier alpha value is -3.93. The molecule has 0 aliphatic carbocycles. The Morgan fingerprint density at radius 2 is 2.06 bits per heavy atom. The highest BCUT2D eigenvalue weighted by atomic mass is 16.6. The molecule has 5 N–H and O–H groups in total. The van der Waals surface area contributed by atoms with Crippen LogP contribution in [0.1, 0.15) is 23.2 Å². The second kappa shape index (κ2) is 10.8. The Kier molecular flexibility index (Phi) is 7.84. The summed E-state index contributed by atoms with van der Waals surface area (Å²) in [6, 6.07) is 5.64. The molecule has 4 amide bonds. The van der Waals surface area contributed by atoms with Gasteiger partial charge < -0.3 is 35.8 Å². The summed E-state index contributed by atoms with van der Waals surface area (Å²) in [6.45, 7) is -0.408. The van der Waals surface area contributed by atoms with Crippen LogP contribution in [0.15, 0.2) is 35.9 Å². The highest BCUT2D eigenvalue weighted by molar-refractivity contribution is 6.01. The molecule has 3 unspecified atom stereocenters. The van der Waals surface area contributed by atoms with Gasteiger partial charge in [0, 0.05) is 18.7 Å². The van der Waals surface area contributed by atoms with Gasteiger partial charge >= 0.3 is 5.97 Å². The van der Waals surface area contributed by atoms with Gasteiger partial charge in [-0.15, -0.1) is 0 Å². The number of aliphatic hydroxyl groups is 1. The Morgan fingerprint density at radius 1 is 1.29 bits per heavy atom. The van der Waals surface area contributed by atoms with Crippen LogP contribution in [0, 0.1) is 5.92 Å². The summed E-state index contributed by atoms with van der Waals surface area (Å²) in [5.74, 6) is -3.79. The van der Waals surface area contributed by atoms with Crippen LogP contribution in [0.5, 0.6) is 5.75 Å². The first-order valence-electron chi connectivity index (χ1n) is 10.5. The van der Waals surface area contributed by atoms with Gasteiger partial charge in [0.1, 0.15) is 17.7 Å². The molecule has 0 saturated carbocycles. The molecule has 0 bridgehead atoms. The van der Waals surface area contributed by atoms with E-state index in [1.54, 1.807) is 30.3 Å². The standard InChI is InChI=1S/C22H26N4O8/c1-33-14-4-2-3-13(7-14)20(30)24-9-12-5-6-15(19(23)29)21(31)26(10-12)11-17(27)25-16-8-18(28)34-22(16)32/h2-5,7,15-16,22,32H,6,8-11H2,1H3,(H2,23,29)(H,24,30)(H,25,27). The molecule has 2 aliphatic heterocycles. The van der Waals surface area contributed by atoms with Crippen LogP contribution in [0.4, 0.5) is 0 Å². The zero-order valence-corrected chi connectivity index (χ0v) is 18.5. The van der Waals surface area contributed by atoms with Gasteiger partial charge in [0.05, 0.1) is 20.1 Å². The first-order valence-corrected chi connectivity index (χ1v) is 10.5. The number of nitrogens with one attached hydrogen (secondary N) is 2. The van der Waals surface area contributed by atoms with Crippen molar-refractivity contribution in [1.29, 1.82) is 0 Å². The van der Waals surface area contributed by atoms with Crippen molar-refractivity contribution in [2.75, 3.05) is 26.7 Å². The number of rotatable bonds is 8. The lowest BCUT2D eigenvalue weighted by Crippen LogP contribution is -2.49. The fourth-order valence-corrected chi connectivity index (χ4v) is 3.65. The van der Waals surface area contributed by atoms with Crippen molar-refractivity contribution in [2.24, 2.45) is 11.7 Å². The number of ether oxygens (including phenoxy) is 2. The molecular formula is C22H26N4O8. The molecule has 182 valence electrons. The third-order valence-corrected chi connectivity index (χ3v) is 5.46. The number of allylic oxidation sites excluding steroid dienone is 1. The number of benzene rings is 1. The van der Waals surface area contributed by atoms with E-state index in [2.05, 4.69) is 15.4 Å². The van der Waals surface area contributed by atoms with Crippen molar-refractivity contribution in [1.82, 2.24) is 15.5 Å². The molecule has 3 atom stereocenters. The molecule has 0 spiro atoms. The van der Waals surface area contributed by atoms with Crippen LogP contribution in [-0.2, 0) is 23.9 Å². The van der Waals surface area contributed by atoms with Gasteiger partial charge in [-0.1, -0.05) is 12.1 Å². The minimum atomic E-state index is -1.48. The number of cyclic esters (lactones) is 1. The zero-order chi connectivity index (χ0) is 24.8. The van der Waals surface area contributed by atoms with E-state index >= 15 is 0 Å². The van der Waals surface area contributed by atoms with E-state index in [1.165, 1.54) is 7.11 Å². The topological polar surface area (TPSA) is 177 Å². The fourth-order valence-electron chi connectivity index (χ4n) is 3.65. The monoisotopic (exact) mass is 474 g/mol. The third kappa shape index (κ3) is 6.10. The van der Waals surface area contributed by atoms with Crippen molar-refractivity contribution in [3.05, 3.63) is 41.5 Å². The molecule has 34 heavy (non-hydrogen) atoms. The van der Waals surface area contributed by atoms with Gasteiger partial charge in [0.15, 0.2) is 0 Å². The summed E-state index contributed by atoms with van der Waals surface area (Å²) in [7, 11) is 1.49. The number of carbonyl (C=O) groups excluding carboxylic acids is 5. The summed E-state index contributed by atoms with van der Waals surface area (Å²) in [5, 5.41) is 14.8. The van der Waals surface area contributed by atoms with Gasteiger partial charge in [-0.2, -0.15) is 0 Å². The van der Waals surface area contributed by atoms with Gasteiger partial charge in [0.2, 0.25) is 24.0 Å². The number of aliphatic hydroxyl groups excluding tert-OH is 1. The van der Waals surface area contributed by atoms with E-state index in [4.69, 9.17) is 10.5 Å². The number of amides is 4. The maximum atomic E-state index is 12.8. The summed E-state index contributed by atoms with van der Waals surface area (Å²) in [4.78, 5) is 62.0. The smallest absolute Gasteiger partial charge is 0.310 e. The largest absolute Gasteiger partial charge is 0.497 e. The maximum absolute atomic E-state index is 12.8. The van der Waals surface area contributed by atoms with Crippen LogP contribution < -0.4 is 21.1 Å². The second-order valence-electron chi connectivity index (χ2n) is 7.92. The first-order chi connectivity index (χ1) is 16.2. The molecule has 2 aliphatic rings. The zero-order valence-electron chi connectivity index (χ0n) is 18.5. The summed E-state index contributed by atoms with van der Waals surface area (Å²) < 4.78 is 9.69. The van der Waals surface area contributed by atoms with Crippen molar-refractivity contribution in [3.63, 3.8) is 0 Å². The number of carbonyl (C=O) groups is 5. The lowest BCUT2D eigenvalue weighted by molar-refractivity contribution is -0.155. The normalized spacial score (nSPS) is 22.4. The minimum absolute atomic E-state index is 0.0281. The maximum Gasteiger partial charge on any atom is 0.310 e. The molecule has 12 heteroatoms. The first kappa shape index (κ1) is 24.7. The number of primary amides is 1. The van der Waals surface area contributed by atoms with Crippen LogP contribution in [0.25, 0.3) is 0 Å². The molecule has 0 radical (unpaired) electrons. The quantitative estimate of drug-likeness (QED) is 0.198. The fraction of sp³-hybridized carbons (Fsp3) is 0.409. The van der Waals surface area contributed by atoms with E-state index in [1.807, 2.05) is 0 Å². The lowest BCUT2D eigenvalue weighted by atomic mass is 10.0. The molecule has 1 saturated heterocycles. The van der Waals surface area contributed by atoms with E-state index in [-0.39, 0.29) is 31.8 Å². The number of esters is 1. The lowest BCUT2D eigenvalue weighted by Gasteiger charge is -2.25. The summed E-state index contributed by atoms with van der Waals surface area (Å²) in [5.41, 5.74) is 6.35. The number of hydrogen-bond acceptors (Lipinski definition) is 8. The average Bonchev–Trinajstić information content (AvgIpc) is 3.02. The third-order valence-electron chi connectivity index (χ3n) is 5.46. The highest BCUT2D eigenvalue weighted by Crippen LogP contribution is 2.18. The van der Waals surface area contributed by atoms with Gasteiger partial charge in [-0.05, 0) is 30.2 Å². The van der Waals surface area contributed by atoms with E-state index in [0.29, 0.717) is 16.9 Å². The molecule has 1 aromatic carbocycles. The Bertz CT molecular complexity index is 1020. The molecular weight excluding hydrogens is 448 g/mol. The van der Waals surface area contributed by atoms with Crippen molar-refractivity contribution >= 4 is 29.6 Å². The molecule has 2 heterocycles. The van der Waals surface area contributed by atoms with E-state index in [9.17, 15) is 29.1 Å². The van der Waals surface area contributed by atoms with Crippen LogP contribution >= 0.6 is 0 Å². The van der Waals surface area contributed by atoms with Crippen molar-refractivity contribution in [2.45, 2.75) is 25.2 Å². The number of methoxy groups -OCH3 is 1. The summed E-state index contributed by atoms with van der Waals surface area (Å²) in [6.07, 6.45) is -0.00595. The van der Waals surface area contributed by atoms with Crippen LogP contribution in [0.3, 0.4) is 0 Å². The number of nitrogens with zero attached hydrogens (tertiary/aromatic N) is 1. The average molecular weight is 474 g/mol. The van der Waals surface area contributed by atoms with E-state index in [0.717, 1.165) is 4.90 Å². The van der Waals surface area contributed by atoms with Crippen LogP contribution in [0.2, 0.25) is 0 Å². The van der Waals surface area contributed by atoms with E-state index < -0.39 is 48.5 Å². The minimum Gasteiger partial charge on any atom is -0.497 e. The molecule has 3 rings (SSSR count). The van der Waals surface area contributed by atoms with Crippen molar-refractivity contribution in [3.8, 4) is 5.75 Å². The Labute approximate surface area is 195 Å². The van der Waals surface area contributed by atoms with Crippen LogP contribution in [-0.4, -0.2) is 78.7 Å². The SMILES string of the molecule is COc1cccc(C(=O)NCC2=CCC(C(N)=O)C(=O)N(CC(=O)NC3CC(=O)OC3O)C2)c1. The summed E-state index contributed by atoms with van der Waals surface area (Å²) >= 11 is 0. The number of nitrogens with two attached hydrogens (primary N) is 1. The highest BCUT2D eigenvalue weighted by Gasteiger charge is 2.36. The van der Waals surface area contributed by atoms with Gasteiger partial charge in [0.25, 0.3) is 5.91 Å². The molecule has 12 nitrogen and oxygen atoms in total. The van der Waals surface area contributed by atoms with Gasteiger partial charge in [-0.25, -0.2) is 0 Å². The second-order valence-corrected chi connectivity index (χ2v) is 7.92. The Balaban J connectivity index is 1.66. The van der Waals surface area contributed by atoms with Crippen molar-refractivity contribution < 1.29 is 38.6 Å². The number of hydrogen-bond donors (Lipinski definition) is 4. The predicted octanol–water partition coefficient (Wildman–Crippen LogP) is -1.56. The molecule has 1 aromatic rings. The molecule has 1 fully saturated rings. The Morgan fingerprint density at radius 3 is 2.71 bits per heavy atom. The molecule has 0 aromatic heterocycles. The van der Waals surface area contributed by atoms with Gasteiger partial charge in [-0.3, -0.25) is 24.0 Å².